The molecular formula is C26H35F3N4O. The Morgan fingerprint density at radius 3 is 2.56 bits per heavy atom. The van der Waals surface area contributed by atoms with Crippen molar-refractivity contribution in [1.29, 1.82) is 0 Å². The Labute approximate surface area is 200 Å². The monoisotopic (exact) mass is 476 g/mol. The van der Waals surface area contributed by atoms with Crippen LogP contribution in [-0.4, -0.2) is 50.2 Å². The fourth-order valence-corrected chi connectivity index (χ4v) is 4.01. The van der Waals surface area contributed by atoms with Gasteiger partial charge in [0.15, 0.2) is 0 Å². The molecular weight excluding hydrogens is 441 g/mol. The van der Waals surface area contributed by atoms with Crippen molar-refractivity contribution < 1.29 is 18.0 Å². The molecule has 2 N–H and O–H groups in total. The molecule has 0 aliphatic rings. The number of nitrogens with zero attached hydrogens (tertiary/aromatic N) is 2. The van der Waals surface area contributed by atoms with Crippen LogP contribution in [0.2, 0.25) is 0 Å². The van der Waals surface area contributed by atoms with Gasteiger partial charge < -0.3 is 15.5 Å². The number of hydrogen-bond acceptors (Lipinski definition) is 4. The summed E-state index contributed by atoms with van der Waals surface area (Å²) in [5, 5.41) is 5.43. The molecule has 186 valence electrons. The summed E-state index contributed by atoms with van der Waals surface area (Å²) < 4.78 is 40.0. The lowest BCUT2D eigenvalue weighted by atomic mass is 10.0. The Balaban J connectivity index is 1.98. The van der Waals surface area contributed by atoms with Gasteiger partial charge >= 0.3 is 6.18 Å². The second-order valence-corrected chi connectivity index (χ2v) is 8.30. The number of aliphatic imine (C=N–C) groups is 1. The summed E-state index contributed by atoms with van der Waals surface area (Å²) in [7, 11) is 1.50. The predicted molar refractivity (Wildman–Crippen MR) is 134 cm³/mol. The van der Waals surface area contributed by atoms with Crippen LogP contribution in [0.3, 0.4) is 0 Å². The van der Waals surface area contributed by atoms with Crippen LogP contribution in [0, 0.1) is 6.92 Å². The molecule has 0 unspecified atom stereocenters. The Bertz CT molecular complexity index is 973. The molecule has 0 spiro atoms. The number of anilines is 2. The zero-order chi connectivity index (χ0) is 25.1. The summed E-state index contributed by atoms with van der Waals surface area (Å²) in [6, 6.07) is 10.3. The molecule has 5 nitrogen and oxygen atoms in total. The molecule has 1 amide bonds. The Morgan fingerprint density at radius 2 is 1.91 bits per heavy atom. The molecule has 0 fully saturated rings. The van der Waals surface area contributed by atoms with Crippen LogP contribution in [0.5, 0.6) is 0 Å². The average molecular weight is 477 g/mol. The number of alkyl halides is 3. The van der Waals surface area contributed by atoms with E-state index in [-0.39, 0.29) is 5.69 Å². The van der Waals surface area contributed by atoms with Gasteiger partial charge in [-0.25, -0.2) is 0 Å². The average Bonchev–Trinajstić information content (AvgIpc) is 2.80. The Kier molecular flexibility index (Phi) is 10.6. The van der Waals surface area contributed by atoms with Gasteiger partial charge in [-0.3, -0.25) is 9.79 Å². The van der Waals surface area contributed by atoms with Crippen LogP contribution in [-0.2, 0) is 17.4 Å². The number of carbonyl (C=O) groups is 1. The molecule has 2 rings (SSSR count). The summed E-state index contributed by atoms with van der Waals surface area (Å²) in [6.07, 6.45) is -0.862. The number of para-hydroxylation sites is 1. The largest absolute Gasteiger partial charge is 0.418 e. The van der Waals surface area contributed by atoms with E-state index in [9.17, 15) is 18.0 Å². The van der Waals surface area contributed by atoms with Gasteiger partial charge in [0, 0.05) is 30.6 Å². The lowest BCUT2D eigenvalue weighted by molar-refractivity contribution is -0.137. The smallest absolute Gasteiger partial charge is 0.387 e. The molecule has 0 heterocycles. The van der Waals surface area contributed by atoms with E-state index in [0.29, 0.717) is 24.2 Å². The Morgan fingerprint density at radius 1 is 1.15 bits per heavy atom. The van der Waals surface area contributed by atoms with Crippen molar-refractivity contribution in [1.82, 2.24) is 4.90 Å². The van der Waals surface area contributed by atoms with E-state index in [1.807, 2.05) is 19.1 Å². The fraction of sp³-hybridized carbons (Fsp3) is 0.462. The summed E-state index contributed by atoms with van der Waals surface area (Å²) in [6.45, 7) is 8.93. The summed E-state index contributed by atoms with van der Waals surface area (Å²) >= 11 is 0. The van der Waals surface area contributed by atoms with E-state index < -0.39 is 11.7 Å². The van der Waals surface area contributed by atoms with Crippen LogP contribution in [0.1, 0.15) is 48.9 Å². The summed E-state index contributed by atoms with van der Waals surface area (Å²) in [5.41, 5.74) is 3.46. The number of hydrogen-bond donors (Lipinski definition) is 2. The van der Waals surface area contributed by atoms with E-state index in [1.165, 1.54) is 18.7 Å². The van der Waals surface area contributed by atoms with E-state index in [4.69, 9.17) is 0 Å². The Hall–Kier alpha value is -2.87. The highest BCUT2D eigenvalue weighted by molar-refractivity contribution is 6.04. The highest BCUT2D eigenvalue weighted by Crippen LogP contribution is 2.36. The molecule has 0 aliphatic carbocycles. The SMILES string of the molecule is CCCN(CCCc1ccc(C)c(NC=O)c1)CCN=C(C)c1cccc(C(F)(F)F)c1NC. The minimum absolute atomic E-state index is 0.0585. The lowest BCUT2D eigenvalue weighted by Crippen LogP contribution is -2.29. The first-order chi connectivity index (χ1) is 16.2. The third kappa shape index (κ3) is 7.87. The fourth-order valence-electron chi connectivity index (χ4n) is 4.01. The van der Waals surface area contributed by atoms with Gasteiger partial charge in [-0.1, -0.05) is 31.2 Å². The van der Waals surface area contributed by atoms with Gasteiger partial charge in [0.05, 0.1) is 17.8 Å². The van der Waals surface area contributed by atoms with Gasteiger partial charge in [-0.15, -0.1) is 0 Å². The maximum Gasteiger partial charge on any atom is 0.418 e. The van der Waals surface area contributed by atoms with E-state index in [1.54, 1.807) is 13.0 Å². The molecule has 2 aromatic carbocycles. The molecule has 0 saturated heterocycles. The molecule has 0 saturated carbocycles. The third-order valence-electron chi connectivity index (χ3n) is 5.77. The zero-order valence-electron chi connectivity index (χ0n) is 20.4. The normalized spacial score (nSPS) is 12.2. The first-order valence-electron chi connectivity index (χ1n) is 11.6. The van der Waals surface area contributed by atoms with Gasteiger partial charge in [-0.2, -0.15) is 13.2 Å². The maximum atomic E-state index is 13.3. The predicted octanol–water partition coefficient (Wildman–Crippen LogP) is 5.78. The number of aryl methyl sites for hydroxylation is 2. The highest BCUT2D eigenvalue weighted by atomic mass is 19.4. The molecule has 0 atom stereocenters. The van der Waals surface area contributed by atoms with Crippen molar-refractivity contribution in [2.45, 2.75) is 46.2 Å². The number of benzene rings is 2. The summed E-state index contributed by atoms with van der Waals surface area (Å²) in [4.78, 5) is 17.7. The van der Waals surface area contributed by atoms with Crippen molar-refractivity contribution >= 4 is 23.5 Å². The van der Waals surface area contributed by atoms with Crippen molar-refractivity contribution in [3.8, 4) is 0 Å². The van der Waals surface area contributed by atoms with Crippen molar-refractivity contribution in [3.63, 3.8) is 0 Å². The zero-order valence-corrected chi connectivity index (χ0v) is 20.4. The number of halogens is 3. The second kappa shape index (κ2) is 13.1. The van der Waals surface area contributed by atoms with E-state index >= 15 is 0 Å². The van der Waals surface area contributed by atoms with E-state index in [2.05, 4.69) is 33.5 Å². The summed E-state index contributed by atoms with van der Waals surface area (Å²) in [5.74, 6) is 0. The van der Waals surface area contributed by atoms with Crippen molar-refractivity contribution in [3.05, 3.63) is 58.7 Å². The van der Waals surface area contributed by atoms with Crippen LogP contribution in [0.25, 0.3) is 0 Å². The van der Waals surface area contributed by atoms with Crippen molar-refractivity contribution in [2.24, 2.45) is 4.99 Å². The van der Waals surface area contributed by atoms with Gasteiger partial charge in [0.2, 0.25) is 6.41 Å². The molecule has 8 heteroatoms. The third-order valence-corrected chi connectivity index (χ3v) is 5.77. The molecule has 34 heavy (non-hydrogen) atoms. The lowest BCUT2D eigenvalue weighted by Gasteiger charge is -2.21. The second-order valence-electron chi connectivity index (χ2n) is 8.30. The number of amides is 1. The first kappa shape index (κ1) is 27.4. The first-order valence-corrected chi connectivity index (χ1v) is 11.6. The van der Waals surface area contributed by atoms with Crippen LogP contribution in [0.4, 0.5) is 24.5 Å². The molecule has 2 aromatic rings. The number of rotatable bonds is 13. The minimum atomic E-state index is -4.42. The van der Waals surface area contributed by atoms with Gasteiger partial charge in [0.1, 0.15) is 0 Å². The highest BCUT2D eigenvalue weighted by Gasteiger charge is 2.34. The topological polar surface area (TPSA) is 56.7 Å². The number of carbonyl (C=O) groups excluding carboxylic acids is 1. The molecule has 0 bridgehead atoms. The maximum absolute atomic E-state index is 13.3. The molecule has 0 aliphatic heterocycles. The van der Waals surface area contributed by atoms with Gasteiger partial charge in [0.25, 0.3) is 0 Å². The van der Waals surface area contributed by atoms with Gasteiger partial charge in [-0.05, 0) is 69.5 Å². The molecule has 0 radical (unpaired) electrons. The van der Waals surface area contributed by atoms with Crippen molar-refractivity contribution in [2.75, 3.05) is 43.9 Å². The van der Waals surface area contributed by atoms with Crippen LogP contribution < -0.4 is 10.6 Å². The van der Waals surface area contributed by atoms with Crippen LogP contribution in [0.15, 0.2) is 41.4 Å². The van der Waals surface area contributed by atoms with E-state index in [0.717, 1.165) is 56.2 Å². The number of nitrogens with one attached hydrogen (secondary N) is 2. The molecule has 0 aromatic heterocycles. The minimum Gasteiger partial charge on any atom is -0.387 e. The quantitative estimate of drug-likeness (QED) is 0.285. The standard InChI is InChI=1S/C26H35F3N4O/c1-5-14-33(15-7-8-21-12-11-19(2)24(17-21)32-18-34)16-13-31-20(3)22-9-6-10-23(25(22)30-4)26(27,28)29/h6,9-12,17-18,30H,5,7-8,13-16H2,1-4H3,(H,32,34). The van der Waals surface area contributed by atoms with Crippen LogP contribution >= 0.6 is 0 Å².